The molecule has 0 aliphatic carbocycles. The Labute approximate surface area is 157 Å². The van der Waals surface area contributed by atoms with Crippen LogP contribution < -0.4 is 19.7 Å². The predicted octanol–water partition coefficient (Wildman–Crippen LogP) is 5.42. The number of urea groups is 1. The van der Waals surface area contributed by atoms with E-state index in [0.29, 0.717) is 29.5 Å². The molecule has 4 rings (SSSR count). The number of carbonyl (C=O) groups is 1. The third-order valence-electron chi connectivity index (χ3n) is 4.02. The van der Waals surface area contributed by atoms with E-state index in [1.165, 1.54) is 4.90 Å². The number of hydrogen-bond acceptors (Lipinski definition) is 3. The minimum absolute atomic E-state index is 0.263. The standard InChI is InChI=1S/C22H18N2O3/c25-22(24-15-6-16-26-21-10-5-4-9-20(21)24)23-17-11-13-19(14-12-17)27-18-7-2-1-3-8-18/h1-15H,16H2,(H,23,25). The van der Waals surface area contributed by atoms with E-state index in [9.17, 15) is 4.79 Å². The maximum absolute atomic E-state index is 12.7. The Kier molecular flexibility index (Phi) is 4.74. The molecule has 0 radical (unpaired) electrons. The molecule has 5 nitrogen and oxygen atoms in total. The summed E-state index contributed by atoms with van der Waals surface area (Å²) in [5.74, 6) is 2.14. The van der Waals surface area contributed by atoms with Crippen LogP contribution in [0, 0.1) is 0 Å². The molecule has 0 spiro atoms. The third-order valence-corrected chi connectivity index (χ3v) is 4.02. The Morgan fingerprint density at radius 1 is 0.889 bits per heavy atom. The zero-order valence-electron chi connectivity index (χ0n) is 14.5. The summed E-state index contributed by atoms with van der Waals surface area (Å²) in [4.78, 5) is 14.3. The van der Waals surface area contributed by atoms with Crippen molar-refractivity contribution in [2.45, 2.75) is 0 Å². The highest BCUT2D eigenvalue weighted by atomic mass is 16.5. The predicted molar refractivity (Wildman–Crippen MR) is 106 cm³/mol. The van der Waals surface area contributed by atoms with Crippen LogP contribution in [0.3, 0.4) is 0 Å². The average molecular weight is 358 g/mol. The van der Waals surface area contributed by atoms with Gasteiger partial charge in [-0.3, -0.25) is 4.90 Å². The number of anilines is 2. The lowest BCUT2D eigenvalue weighted by molar-refractivity contribution is 0.258. The maximum Gasteiger partial charge on any atom is 0.330 e. The van der Waals surface area contributed by atoms with Crippen LogP contribution >= 0.6 is 0 Å². The summed E-state index contributed by atoms with van der Waals surface area (Å²) in [6.07, 6.45) is 3.52. The lowest BCUT2D eigenvalue weighted by Crippen LogP contribution is -2.30. The molecule has 0 atom stereocenters. The van der Waals surface area contributed by atoms with Gasteiger partial charge in [0.05, 0.1) is 5.69 Å². The first-order valence-electron chi connectivity index (χ1n) is 8.61. The van der Waals surface area contributed by atoms with Gasteiger partial charge >= 0.3 is 6.03 Å². The summed E-state index contributed by atoms with van der Waals surface area (Å²) in [5.41, 5.74) is 1.38. The highest BCUT2D eigenvalue weighted by Crippen LogP contribution is 2.31. The van der Waals surface area contributed by atoms with Gasteiger partial charge in [-0.15, -0.1) is 0 Å². The van der Waals surface area contributed by atoms with Crippen LogP contribution in [0.25, 0.3) is 0 Å². The van der Waals surface area contributed by atoms with Crippen LogP contribution in [0.4, 0.5) is 16.2 Å². The summed E-state index contributed by atoms with van der Waals surface area (Å²) in [5, 5.41) is 2.90. The molecule has 5 heteroatoms. The molecule has 0 fully saturated rings. The fourth-order valence-electron chi connectivity index (χ4n) is 2.74. The Morgan fingerprint density at radius 3 is 2.41 bits per heavy atom. The first-order valence-corrected chi connectivity index (χ1v) is 8.61. The van der Waals surface area contributed by atoms with E-state index in [-0.39, 0.29) is 6.03 Å². The van der Waals surface area contributed by atoms with Crippen LogP contribution in [-0.4, -0.2) is 12.6 Å². The van der Waals surface area contributed by atoms with Crippen molar-refractivity contribution >= 4 is 17.4 Å². The summed E-state index contributed by atoms with van der Waals surface area (Å²) >= 11 is 0. The van der Waals surface area contributed by atoms with Crippen molar-refractivity contribution in [2.75, 3.05) is 16.8 Å². The Morgan fingerprint density at radius 2 is 1.59 bits per heavy atom. The average Bonchev–Trinajstić information content (AvgIpc) is 2.93. The van der Waals surface area contributed by atoms with Crippen molar-refractivity contribution in [2.24, 2.45) is 0 Å². The fourth-order valence-corrected chi connectivity index (χ4v) is 2.74. The number of fused-ring (bicyclic) bond motifs is 1. The number of nitrogens with one attached hydrogen (secondary N) is 1. The minimum Gasteiger partial charge on any atom is -0.487 e. The smallest absolute Gasteiger partial charge is 0.330 e. The Balaban J connectivity index is 1.47. The van der Waals surface area contributed by atoms with Gasteiger partial charge in [0.2, 0.25) is 0 Å². The molecule has 0 saturated carbocycles. The molecule has 1 aliphatic heterocycles. The molecule has 0 unspecified atom stereocenters. The van der Waals surface area contributed by atoms with Crippen molar-refractivity contribution < 1.29 is 14.3 Å². The molecule has 0 saturated heterocycles. The summed E-state index contributed by atoms with van der Waals surface area (Å²) < 4.78 is 11.4. The second-order valence-corrected chi connectivity index (χ2v) is 5.90. The van der Waals surface area contributed by atoms with Gasteiger partial charge in [-0.1, -0.05) is 30.3 Å². The Bertz CT molecular complexity index is 953. The van der Waals surface area contributed by atoms with Crippen molar-refractivity contribution in [3.63, 3.8) is 0 Å². The van der Waals surface area contributed by atoms with E-state index in [4.69, 9.17) is 9.47 Å². The number of benzene rings is 3. The molecular weight excluding hydrogens is 340 g/mol. The van der Waals surface area contributed by atoms with E-state index in [2.05, 4.69) is 5.32 Å². The molecule has 1 heterocycles. The van der Waals surface area contributed by atoms with Gasteiger partial charge in [0, 0.05) is 11.9 Å². The SMILES string of the molecule is O=C(Nc1ccc(Oc2ccccc2)cc1)N1C=CCOc2ccccc21. The molecule has 134 valence electrons. The summed E-state index contributed by atoms with van der Waals surface area (Å²) in [6, 6.07) is 24.0. The summed E-state index contributed by atoms with van der Waals surface area (Å²) in [7, 11) is 0. The lowest BCUT2D eigenvalue weighted by atomic mass is 10.2. The van der Waals surface area contributed by atoms with Gasteiger partial charge < -0.3 is 14.8 Å². The van der Waals surface area contributed by atoms with Gasteiger partial charge in [0.15, 0.2) is 0 Å². The molecule has 1 aliphatic rings. The van der Waals surface area contributed by atoms with Crippen LogP contribution in [0.1, 0.15) is 0 Å². The summed E-state index contributed by atoms with van der Waals surface area (Å²) in [6.45, 7) is 0.423. The maximum atomic E-state index is 12.7. The van der Waals surface area contributed by atoms with Crippen molar-refractivity contribution in [1.82, 2.24) is 0 Å². The normalized spacial score (nSPS) is 12.5. The zero-order valence-corrected chi connectivity index (χ0v) is 14.5. The van der Waals surface area contributed by atoms with Crippen LogP contribution in [0.2, 0.25) is 0 Å². The van der Waals surface area contributed by atoms with Gasteiger partial charge in [-0.05, 0) is 54.6 Å². The molecule has 3 aromatic carbocycles. The van der Waals surface area contributed by atoms with Crippen molar-refractivity contribution in [3.8, 4) is 17.2 Å². The van der Waals surface area contributed by atoms with Crippen molar-refractivity contribution in [1.29, 1.82) is 0 Å². The lowest BCUT2D eigenvalue weighted by Gasteiger charge is -2.20. The highest BCUT2D eigenvalue weighted by Gasteiger charge is 2.19. The second kappa shape index (κ2) is 7.66. The number of para-hydroxylation sites is 3. The number of ether oxygens (including phenoxy) is 2. The second-order valence-electron chi connectivity index (χ2n) is 5.90. The van der Waals surface area contributed by atoms with Crippen LogP contribution in [-0.2, 0) is 0 Å². The number of hydrogen-bond donors (Lipinski definition) is 1. The van der Waals surface area contributed by atoms with Crippen LogP contribution in [0.15, 0.2) is 91.1 Å². The van der Waals surface area contributed by atoms with Crippen molar-refractivity contribution in [3.05, 3.63) is 91.1 Å². The van der Waals surface area contributed by atoms with Gasteiger partial charge in [0.25, 0.3) is 0 Å². The molecule has 0 aromatic heterocycles. The first-order chi connectivity index (χ1) is 13.3. The molecule has 3 aromatic rings. The molecule has 1 N–H and O–H groups in total. The third kappa shape index (κ3) is 3.93. The van der Waals surface area contributed by atoms with Gasteiger partial charge in [-0.2, -0.15) is 0 Å². The Hall–Kier alpha value is -3.73. The topological polar surface area (TPSA) is 50.8 Å². The number of rotatable bonds is 3. The molecule has 0 bridgehead atoms. The first kappa shape index (κ1) is 16.7. The van der Waals surface area contributed by atoms with E-state index in [1.54, 1.807) is 24.4 Å². The number of nitrogens with zero attached hydrogens (tertiary/aromatic N) is 1. The minimum atomic E-state index is -0.263. The van der Waals surface area contributed by atoms with E-state index in [1.807, 2.05) is 66.7 Å². The molecular formula is C22H18N2O3. The van der Waals surface area contributed by atoms with Gasteiger partial charge in [0.1, 0.15) is 23.9 Å². The fraction of sp³-hybridized carbons (Fsp3) is 0.0455. The number of carbonyl (C=O) groups excluding carboxylic acids is 1. The van der Waals surface area contributed by atoms with Gasteiger partial charge in [-0.25, -0.2) is 4.79 Å². The van der Waals surface area contributed by atoms with E-state index >= 15 is 0 Å². The monoisotopic (exact) mass is 358 g/mol. The highest BCUT2D eigenvalue weighted by molar-refractivity contribution is 6.04. The number of amides is 2. The van der Waals surface area contributed by atoms with E-state index in [0.717, 1.165) is 5.75 Å². The largest absolute Gasteiger partial charge is 0.487 e. The molecule has 27 heavy (non-hydrogen) atoms. The zero-order chi connectivity index (χ0) is 18.5. The van der Waals surface area contributed by atoms with Crippen LogP contribution in [0.5, 0.6) is 17.2 Å². The van der Waals surface area contributed by atoms with E-state index < -0.39 is 0 Å². The quantitative estimate of drug-likeness (QED) is 0.680. The molecule has 2 amide bonds.